The summed E-state index contributed by atoms with van der Waals surface area (Å²) in [6.07, 6.45) is 1.73. The summed E-state index contributed by atoms with van der Waals surface area (Å²) in [7, 11) is 0. The Bertz CT molecular complexity index is 748. The molecule has 1 fully saturated rings. The topological polar surface area (TPSA) is 92.3 Å². The molecule has 1 atom stereocenters. The second-order valence-corrected chi connectivity index (χ2v) is 5.75. The van der Waals surface area contributed by atoms with E-state index < -0.39 is 0 Å². The maximum atomic E-state index is 12.6. The van der Waals surface area contributed by atoms with E-state index in [-0.39, 0.29) is 18.6 Å². The van der Waals surface area contributed by atoms with Crippen LogP contribution < -0.4 is 0 Å². The van der Waals surface area contributed by atoms with Gasteiger partial charge in [0, 0.05) is 18.7 Å². The van der Waals surface area contributed by atoms with Crippen LogP contribution in [0.2, 0.25) is 0 Å². The minimum absolute atomic E-state index is 0.0403. The van der Waals surface area contributed by atoms with Gasteiger partial charge in [0.1, 0.15) is 6.61 Å². The van der Waals surface area contributed by atoms with Gasteiger partial charge in [-0.15, -0.1) is 0 Å². The number of likely N-dealkylation sites (tertiary alicyclic amines) is 1. The van der Waals surface area contributed by atoms with Crippen molar-refractivity contribution in [1.29, 1.82) is 5.26 Å². The molecule has 0 spiro atoms. The van der Waals surface area contributed by atoms with Gasteiger partial charge in [-0.05, 0) is 44.0 Å². The van der Waals surface area contributed by atoms with Gasteiger partial charge < -0.3 is 14.2 Å². The van der Waals surface area contributed by atoms with Crippen molar-refractivity contribution < 1.29 is 14.1 Å². The Morgan fingerprint density at radius 1 is 1.46 bits per heavy atom. The van der Waals surface area contributed by atoms with E-state index in [1.54, 1.807) is 36.1 Å². The number of carbonyl (C=O) groups is 1. The molecule has 2 heterocycles. The van der Waals surface area contributed by atoms with E-state index in [4.69, 9.17) is 14.5 Å². The Labute approximate surface area is 139 Å². The third-order valence-electron chi connectivity index (χ3n) is 3.94. The Hall–Kier alpha value is -2.72. The summed E-state index contributed by atoms with van der Waals surface area (Å²) in [6, 6.07) is 8.73. The van der Waals surface area contributed by atoms with Crippen molar-refractivity contribution in [3.05, 3.63) is 47.1 Å². The zero-order valence-corrected chi connectivity index (χ0v) is 13.4. The first kappa shape index (κ1) is 16.1. The van der Waals surface area contributed by atoms with E-state index in [0.717, 1.165) is 12.8 Å². The van der Waals surface area contributed by atoms with E-state index in [1.165, 1.54) is 0 Å². The zero-order chi connectivity index (χ0) is 16.9. The number of nitriles is 1. The van der Waals surface area contributed by atoms with Gasteiger partial charge in [-0.1, -0.05) is 5.16 Å². The van der Waals surface area contributed by atoms with E-state index >= 15 is 0 Å². The van der Waals surface area contributed by atoms with E-state index in [9.17, 15) is 4.79 Å². The summed E-state index contributed by atoms with van der Waals surface area (Å²) in [5.74, 6) is 0.985. The minimum Gasteiger partial charge on any atom is -0.367 e. The molecule has 2 aromatic rings. The van der Waals surface area contributed by atoms with Gasteiger partial charge in [-0.2, -0.15) is 10.2 Å². The van der Waals surface area contributed by atoms with Gasteiger partial charge in [0.25, 0.3) is 11.8 Å². The number of hydrogen-bond donors (Lipinski definition) is 0. The van der Waals surface area contributed by atoms with Crippen LogP contribution >= 0.6 is 0 Å². The van der Waals surface area contributed by atoms with Crippen LogP contribution in [-0.2, 0) is 11.3 Å². The quantitative estimate of drug-likeness (QED) is 0.854. The number of carbonyl (C=O) groups excluding carboxylic acids is 1. The Morgan fingerprint density at radius 3 is 2.92 bits per heavy atom. The lowest BCUT2D eigenvalue weighted by atomic mass is 10.1. The Balaban J connectivity index is 1.58. The molecule has 0 aliphatic carbocycles. The van der Waals surface area contributed by atoms with Crippen LogP contribution in [0.4, 0.5) is 0 Å². The SMILES string of the molecule is Cc1noc(CO[C@@H]2CCCN(C(=O)c3ccc(C#N)cc3)C2)n1. The molecule has 3 rings (SSSR count). The van der Waals surface area contributed by atoms with E-state index in [1.807, 2.05) is 6.07 Å². The molecule has 7 heteroatoms. The Kier molecular flexibility index (Phi) is 4.87. The van der Waals surface area contributed by atoms with Crippen molar-refractivity contribution in [1.82, 2.24) is 15.0 Å². The normalized spacial score (nSPS) is 17.5. The first-order valence-electron chi connectivity index (χ1n) is 7.86. The molecule has 0 unspecified atom stereocenters. The number of benzene rings is 1. The molecule has 1 aliphatic heterocycles. The summed E-state index contributed by atoms with van der Waals surface area (Å²) in [4.78, 5) is 18.5. The standard InChI is InChI=1S/C17H18N4O3/c1-12-19-16(24-20-12)11-23-15-3-2-8-21(10-15)17(22)14-6-4-13(9-18)5-7-14/h4-7,15H,2-3,8,10-11H2,1H3/t15-/m1/s1. The highest BCUT2D eigenvalue weighted by Gasteiger charge is 2.25. The lowest BCUT2D eigenvalue weighted by molar-refractivity contribution is -0.0153. The van der Waals surface area contributed by atoms with Gasteiger partial charge in [-0.25, -0.2) is 0 Å². The van der Waals surface area contributed by atoms with Crippen molar-refractivity contribution in [2.24, 2.45) is 0 Å². The monoisotopic (exact) mass is 326 g/mol. The molecule has 1 amide bonds. The van der Waals surface area contributed by atoms with Gasteiger partial charge in [0.05, 0.1) is 17.7 Å². The number of hydrogen-bond acceptors (Lipinski definition) is 6. The lowest BCUT2D eigenvalue weighted by Gasteiger charge is -2.32. The van der Waals surface area contributed by atoms with Crippen LogP contribution in [0.3, 0.4) is 0 Å². The fraction of sp³-hybridized carbons (Fsp3) is 0.412. The fourth-order valence-corrected chi connectivity index (χ4v) is 2.72. The largest absolute Gasteiger partial charge is 0.367 e. The molecule has 0 saturated carbocycles. The maximum absolute atomic E-state index is 12.6. The molecule has 1 saturated heterocycles. The minimum atomic E-state index is -0.0479. The average Bonchev–Trinajstić information content (AvgIpc) is 3.05. The van der Waals surface area contributed by atoms with Gasteiger partial charge >= 0.3 is 0 Å². The van der Waals surface area contributed by atoms with E-state index in [0.29, 0.717) is 35.9 Å². The van der Waals surface area contributed by atoms with Crippen LogP contribution in [0.15, 0.2) is 28.8 Å². The molecule has 0 radical (unpaired) electrons. The van der Waals surface area contributed by atoms with Crippen LogP contribution in [0.5, 0.6) is 0 Å². The molecule has 1 aromatic heterocycles. The van der Waals surface area contributed by atoms with Gasteiger partial charge in [0.15, 0.2) is 5.82 Å². The molecule has 7 nitrogen and oxygen atoms in total. The average molecular weight is 326 g/mol. The molecule has 24 heavy (non-hydrogen) atoms. The van der Waals surface area contributed by atoms with Crippen LogP contribution in [0.25, 0.3) is 0 Å². The van der Waals surface area contributed by atoms with Crippen LogP contribution in [-0.4, -0.2) is 40.1 Å². The number of amides is 1. The Morgan fingerprint density at radius 2 is 2.25 bits per heavy atom. The van der Waals surface area contributed by atoms with Crippen molar-refractivity contribution in [2.45, 2.75) is 32.5 Å². The predicted molar refractivity (Wildman–Crippen MR) is 83.9 cm³/mol. The van der Waals surface area contributed by atoms with Crippen LogP contribution in [0.1, 0.15) is 40.5 Å². The summed E-state index contributed by atoms with van der Waals surface area (Å²) in [6.45, 7) is 3.25. The number of aryl methyl sites for hydroxylation is 1. The van der Waals surface area contributed by atoms with Crippen LogP contribution in [0, 0.1) is 18.3 Å². The van der Waals surface area contributed by atoms with Gasteiger partial charge in [-0.3, -0.25) is 4.79 Å². The highest BCUT2D eigenvalue weighted by molar-refractivity contribution is 5.94. The fourth-order valence-electron chi connectivity index (χ4n) is 2.72. The molecule has 0 bridgehead atoms. The van der Waals surface area contributed by atoms with E-state index in [2.05, 4.69) is 10.1 Å². The molecule has 1 aromatic carbocycles. The third-order valence-corrected chi connectivity index (χ3v) is 3.94. The second kappa shape index (κ2) is 7.23. The van der Waals surface area contributed by atoms with Crippen molar-refractivity contribution in [3.8, 4) is 6.07 Å². The number of nitrogens with zero attached hydrogens (tertiary/aromatic N) is 4. The third kappa shape index (κ3) is 3.78. The number of rotatable bonds is 4. The highest BCUT2D eigenvalue weighted by atomic mass is 16.5. The lowest BCUT2D eigenvalue weighted by Crippen LogP contribution is -2.43. The molecule has 1 aliphatic rings. The number of aromatic nitrogens is 2. The summed E-state index contributed by atoms with van der Waals surface area (Å²) < 4.78 is 10.8. The zero-order valence-electron chi connectivity index (χ0n) is 13.4. The van der Waals surface area contributed by atoms with Gasteiger partial charge in [0.2, 0.25) is 0 Å². The smallest absolute Gasteiger partial charge is 0.253 e. The van der Waals surface area contributed by atoms with Crippen molar-refractivity contribution >= 4 is 5.91 Å². The summed E-state index contributed by atoms with van der Waals surface area (Å²) in [5, 5.41) is 12.5. The number of ether oxygens (including phenoxy) is 1. The maximum Gasteiger partial charge on any atom is 0.253 e. The number of piperidine rings is 1. The first-order valence-corrected chi connectivity index (χ1v) is 7.86. The summed E-state index contributed by atoms with van der Waals surface area (Å²) >= 11 is 0. The highest BCUT2D eigenvalue weighted by Crippen LogP contribution is 2.17. The molecular formula is C17H18N4O3. The summed E-state index contributed by atoms with van der Waals surface area (Å²) in [5.41, 5.74) is 1.13. The van der Waals surface area contributed by atoms with Crippen molar-refractivity contribution in [3.63, 3.8) is 0 Å². The molecule has 124 valence electrons. The molecular weight excluding hydrogens is 308 g/mol. The second-order valence-electron chi connectivity index (χ2n) is 5.75. The van der Waals surface area contributed by atoms with Crippen molar-refractivity contribution in [2.75, 3.05) is 13.1 Å². The first-order chi connectivity index (χ1) is 11.7. The predicted octanol–water partition coefficient (Wildman–Crippen LogP) is 2.07. The molecule has 0 N–H and O–H groups in total.